The Morgan fingerprint density at radius 1 is 1.32 bits per heavy atom. The number of pyridine rings is 1. The minimum atomic E-state index is -0.114. The molecule has 1 aromatic carbocycles. The van der Waals surface area contributed by atoms with Crippen LogP contribution in [-0.2, 0) is 6.42 Å². The molecule has 6 heteroatoms. The lowest BCUT2D eigenvalue weighted by atomic mass is 10.0. The summed E-state index contributed by atoms with van der Waals surface area (Å²) in [6, 6.07) is 7.40. The highest BCUT2D eigenvalue weighted by molar-refractivity contribution is 6.32. The van der Waals surface area contributed by atoms with Crippen molar-refractivity contribution in [3.63, 3.8) is 0 Å². The summed E-state index contributed by atoms with van der Waals surface area (Å²) in [5.41, 5.74) is 2.47. The van der Waals surface area contributed by atoms with Gasteiger partial charge in [-0.1, -0.05) is 11.6 Å². The molecule has 2 aromatic rings. The molecule has 0 atom stereocenters. The van der Waals surface area contributed by atoms with Crippen LogP contribution in [0.3, 0.4) is 0 Å². The lowest BCUT2D eigenvalue weighted by Gasteiger charge is -2.30. The maximum atomic E-state index is 13.0. The van der Waals surface area contributed by atoms with Crippen LogP contribution < -0.4 is 14.4 Å². The van der Waals surface area contributed by atoms with E-state index in [1.165, 1.54) is 6.20 Å². The quantitative estimate of drug-likeness (QED) is 0.822. The van der Waals surface area contributed by atoms with Gasteiger partial charge in [0.25, 0.3) is 5.91 Å². The van der Waals surface area contributed by atoms with Crippen LogP contribution in [0.5, 0.6) is 11.6 Å². The number of fused-ring (bicyclic) bond motifs is 1. The van der Waals surface area contributed by atoms with Crippen molar-refractivity contribution in [2.45, 2.75) is 32.8 Å². The number of ether oxygens (including phenoxy) is 2. The number of hydrogen-bond acceptors (Lipinski definition) is 4. The SMILES string of the molecule is COc1ccc2c(c1)CCCN2C(=O)c1cnc(OC(C)C)c(Cl)c1. The smallest absolute Gasteiger partial charge is 0.259 e. The average molecular weight is 361 g/mol. The van der Waals surface area contributed by atoms with Gasteiger partial charge in [-0.2, -0.15) is 0 Å². The van der Waals surface area contributed by atoms with Gasteiger partial charge in [-0.25, -0.2) is 4.98 Å². The topological polar surface area (TPSA) is 51.7 Å². The largest absolute Gasteiger partial charge is 0.497 e. The Morgan fingerprint density at radius 3 is 2.80 bits per heavy atom. The molecule has 0 aliphatic carbocycles. The Bertz CT molecular complexity index is 792. The minimum absolute atomic E-state index is 0.0319. The van der Waals surface area contributed by atoms with Crippen molar-refractivity contribution >= 4 is 23.2 Å². The number of aromatic nitrogens is 1. The summed E-state index contributed by atoms with van der Waals surface area (Å²) in [7, 11) is 1.64. The maximum absolute atomic E-state index is 13.0. The molecular formula is C19H21ClN2O3. The molecule has 0 N–H and O–H groups in total. The summed E-state index contributed by atoms with van der Waals surface area (Å²) in [4.78, 5) is 18.9. The Morgan fingerprint density at radius 2 is 2.12 bits per heavy atom. The van der Waals surface area contributed by atoms with E-state index in [2.05, 4.69) is 4.98 Å². The third-order valence-corrected chi connectivity index (χ3v) is 4.32. The second-order valence-corrected chi connectivity index (χ2v) is 6.64. The van der Waals surface area contributed by atoms with E-state index >= 15 is 0 Å². The second kappa shape index (κ2) is 7.31. The van der Waals surface area contributed by atoms with Gasteiger partial charge in [0.2, 0.25) is 5.88 Å². The Hall–Kier alpha value is -2.27. The number of benzene rings is 1. The lowest BCUT2D eigenvalue weighted by Crippen LogP contribution is -2.35. The monoisotopic (exact) mass is 360 g/mol. The molecule has 1 aromatic heterocycles. The normalized spacial score (nSPS) is 13.6. The number of amides is 1. The fourth-order valence-electron chi connectivity index (χ4n) is 2.92. The van der Waals surface area contributed by atoms with Gasteiger partial charge in [-0.3, -0.25) is 4.79 Å². The zero-order valence-electron chi connectivity index (χ0n) is 14.6. The van der Waals surface area contributed by atoms with E-state index < -0.39 is 0 Å². The summed E-state index contributed by atoms with van der Waals surface area (Å²) in [5, 5.41) is 0.339. The van der Waals surface area contributed by atoms with E-state index in [0.29, 0.717) is 23.0 Å². The molecule has 1 aliphatic rings. The predicted octanol–water partition coefficient (Wildman–Crippen LogP) is 4.12. The first-order valence-electron chi connectivity index (χ1n) is 8.30. The molecular weight excluding hydrogens is 340 g/mol. The van der Waals surface area contributed by atoms with Crippen LogP contribution in [0.4, 0.5) is 5.69 Å². The number of aryl methyl sites for hydroxylation is 1. The first-order chi connectivity index (χ1) is 12.0. The molecule has 1 amide bonds. The number of rotatable bonds is 4. The number of carbonyl (C=O) groups excluding carboxylic acids is 1. The molecule has 0 radical (unpaired) electrons. The van der Waals surface area contributed by atoms with E-state index in [4.69, 9.17) is 21.1 Å². The van der Waals surface area contributed by atoms with E-state index in [-0.39, 0.29) is 12.0 Å². The molecule has 3 rings (SSSR count). The highest BCUT2D eigenvalue weighted by atomic mass is 35.5. The molecule has 0 unspecified atom stereocenters. The van der Waals surface area contributed by atoms with Gasteiger partial charge in [-0.15, -0.1) is 0 Å². The van der Waals surface area contributed by atoms with Crippen LogP contribution in [0, 0.1) is 0 Å². The third kappa shape index (κ3) is 3.71. The summed E-state index contributed by atoms with van der Waals surface area (Å²) < 4.78 is 10.8. The van der Waals surface area contributed by atoms with E-state index in [9.17, 15) is 4.79 Å². The zero-order chi connectivity index (χ0) is 18.0. The summed E-state index contributed by atoms with van der Waals surface area (Å²) in [5.74, 6) is 1.03. The van der Waals surface area contributed by atoms with Crippen LogP contribution >= 0.6 is 11.6 Å². The molecule has 2 heterocycles. The molecule has 0 fully saturated rings. The molecule has 0 saturated carbocycles. The van der Waals surface area contributed by atoms with E-state index in [1.54, 1.807) is 18.1 Å². The fraction of sp³-hybridized carbons (Fsp3) is 0.368. The first kappa shape index (κ1) is 17.5. The second-order valence-electron chi connectivity index (χ2n) is 6.23. The average Bonchev–Trinajstić information content (AvgIpc) is 2.61. The van der Waals surface area contributed by atoms with Crippen LogP contribution in [-0.4, -0.2) is 30.6 Å². The molecule has 5 nitrogen and oxygen atoms in total. The Kier molecular flexibility index (Phi) is 5.13. The Labute approximate surface area is 152 Å². The van der Waals surface area contributed by atoms with Gasteiger partial charge in [0.15, 0.2) is 0 Å². The summed E-state index contributed by atoms with van der Waals surface area (Å²) >= 11 is 6.22. The highest BCUT2D eigenvalue weighted by Crippen LogP contribution is 2.32. The summed E-state index contributed by atoms with van der Waals surface area (Å²) in [6.45, 7) is 4.46. The van der Waals surface area contributed by atoms with Crippen LogP contribution in [0.1, 0.15) is 36.2 Å². The number of hydrogen-bond donors (Lipinski definition) is 0. The highest BCUT2D eigenvalue weighted by Gasteiger charge is 2.25. The van der Waals surface area contributed by atoms with Crippen LogP contribution in [0.25, 0.3) is 0 Å². The van der Waals surface area contributed by atoms with E-state index in [1.807, 2.05) is 32.0 Å². The number of halogens is 1. The van der Waals surface area contributed by atoms with Crippen molar-refractivity contribution < 1.29 is 14.3 Å². The van der Waals surface area contributed by atoms with Crippen LogP contribution in [0.2, 0.25) is 5.02 Å². The lowest BCUT2D eigenvalue weighted by molar-refractivity contribution is 0.0984. The van der Waals surface area contributed by atoms with Gasteiger partial charge in [-0.05, 0) is 56.5 Å². The molecule has 1 aliphatic heterocycles. The predicted molar refractivity (Wildman–Crippen MR) is 98.0 cm³/mol. The van der Waals surface area contributed by atoms with Crippen LogP contribution in [0.15, 0.2) is 30.5 Å². The van der Waals surface area contributed by atoms with Crippen molar-refractivity contribution in [2.24, 2.45) is 0 Å². The minimum Gasteiger partial charge on any atom is -0.497 e. The molecule has 0 saturated heterocycles. The molecule has 25 heavy (non-hydrogen) atoms. The van der Waals surface area contributed by atoms with E-state index in [0.717, 1.165) is 29.8 Å². The van der Waals surface area contributed by atoms with Gasteiger partial charge >= 0.3 is 0 Å². The van der Waals surface area contributed by atoms with Crippen molar-refractivity contribution in [3.05, 3.63) is 46.6 Å². The van der Waals surface area contributed by atoms with Gasteiger partial charge in [0.05, 0.1) is 18.8 Å². The molecule has 132 valence electrons. The number of carbonyl (C=O) groups is 1. The number of anilines is 1. The van der Waals surface area contributed by atoms with Crippen molar-refractivity contribution in [1.82, 2.24) is 4.98 Å². The molecule has 0 bridgehead atoms. The Balaban J connectivity index is 1.88. The van der Waals surface area contributed by atoms with Gasteiger partial charge in [0, 0.05) is 18.4 Å². The fourth-order valence-corrected chi connectivity index (χ4v) is 3.13. The van der Waals surface area contributed by atoms with Crippen molar-refractivity contribution in [3.8, 4) is 11.6 Å². The maximum Gasteiger partial charge on any atom is 0.259 e. The van der Waals surface area contributed by atoms with Gasteiger partial charge in [0.1, 0.15) is 10.8 Å². The standard InChI is InChI=1S/C19H21ClN2O3/c1-12(2)25-18-16(20)10-14(11-21-18)19(23)22-8-4-5-13-9-15(24-3)6-7-17(13)22/h6-7,9-12H,4-5,8H2,1-3H3. The van der Waals surface area contributed by atoms with Gasteiger partial charge < -0.3 is 14.4 Å². The first-order valence-corrected chi connectivity index (χ1v) is 8.68. The van der Waals surface area contributed by atoms with Crippen molar-refractivity contribution in [2.75, 3.05) is 18.6 Å². The number of nitrogens with zero attached hydrogens (tertiary/aromatic N) is 2. The molecule has 0 spiro atoms. The summed E-state index contributed by atoms with van der Waals surface area (Å²) in [6.07, 6.45) is 3.32. The third-order valence-electron chi connectivity index (χ3n) is 4.05. The zero-order valence-corrected chi connectivity index (χ0v) is 15.3. The van der Waals surface area contributed by atoms with Crippen molar-refractivity contribution in [1.29, 1.82) is 0 Å². The number of methoxy groups -OCH3 is 1.